The van der Waals surface area contributed by atoms with Gasteiger partial charge in [0.15, 0.2) is 0 Å². The molecule has 1 saturated heterocycles. The third kappa shape index (κ3) is 2.91. The number of sulfonamides is 1. The molecule has 1 atom stereocenters. The van der Waals surface area contributed by atoms with E-state index in [2.05, 4.69) is 26.0 Å². The molecule has 112 valence electrons. The average molecular weight is 383 g/mol. The van der Waals surface area contributed by atoms with E-state index in [-0.39, 0.29) is 15.8 Å². The normalized spacial score (nSPS) is 20.2. The van der Waals surface area contributed by atoms with Gasteiger partial charge >= 0.3 is 5.97 Å². The molecule has 9 heteroatoms. The van der Waals surface area contributed by atoms with Gasteiger partial charge in [0.25, 0.3) is 0 Å². The fourth-order valence-corrected chi connectivity index (χ4v) is 5.98. The number of esters is 1. The molecule has 6 nitrogen and oxygen atoms in total. The maximum atomic E-state index is 12.6. The van der Waals surface area contributed by atoms with Crippen molar-refractivity contribution in [3.05, 3.63) is 14.7 Å². The van der Waals surface area contributed by atoms with Gasteiger partial charge in [-0.3, -0.25) is 0 Å². The third-order valence-electron chi connectivity index (χ3n) is 3.22. The van der Waals surface area contributed by atoms with E-state index >= 15 is 0 Å². The highest BCUT2D eigenvalue weighted by Gasteiger charge is 2.34. The first-order chi connectivity index (χ1) is 9.40. The molecule has 1 N–H and O–H groups in total. The molecule has 1 fully saturated rings. The van der Waals surface area contributed by atoms with Gasteiger partial charge in [0.1, 0.15) is 9.77 Å². The number of likely N-dealkylation sites (N-methyl/N-ethyl adjacent to an activating group) is 1. The van der Waals surface area contributed by atoms with Crippen LogP contribution < -0.4 is 5.32 Å². The van der Waals surface area contributed by atoms with Crippen molar-refractivity contribution in [2.24, 2.45) is 0 Å². The first kappa shape index (κ1) is 15.9. The Morgan fingerprint density at radius 2 is 2.30 bits per heavy atom. The van der Waals surface area contributed by atoms with Crippen LogP contribution in [0.4, 0.5) is 0 Å². The molecule has 20 heavy (non-hydrogen) atoms. The summed E-state index contributed by atoms with van der Waals surface area (Å²) in [4.78, 5) is 11.9. The van der Waals surface area contributed by atoms with E-state index in [1.165, 1.54) is 17.5 Å². The largest absolute Gasteiger partial charge is 0.465 e. The van der Waals surface area contributed by atoms with Gasteiger partial charge in [-0.15, -0.1) is 11.3 Å². The number of nitrogens with zero attached hydrogens (tertiary/aromatic N) is 1. The maximum absolute atomic E-state index is 12.6. The Morgan fingerprint density at radius 3 is 2.85 bits per heavy atom. The summed E-state index contributed by atoms with van der Waals surface area (Å²) in [6.07, 6.45) is 0.779. The van der Waals surface area contributed by atoms with Crippen LogP contribution in [0.3, 0.4) is 0 Å². The van der Waals surface area contributed by atoms with Crippen molar-refractivity contribution in [3.63, 3.8) is 0 Å². The van der Waals surface area contributed by atoms with Gasteiger partial charge in [-0.05, 0) is 35.5 Å². The number of halogens is 1. The van der Waals surface area contributed by atoms with Crippen LogP contribution in [0.15, 0.2) is 14.7 Å². The zero-order valence-corrected chi connectivity index (χ0v) is 14.3. The molecule has 0 aliphatic carbocycles. The van der Waals surface area contributed by atoms with Crippen molar-refractivity contribution < 1.29 is 17.9 Å². The lowest BCUT2D eigenvalue weighted by atomic mass is 10.3. The molecular weight excluding hydrogens is 368 g/mol. The fraction of sp³-hybridized carbons (Fsp3) is 0.545. The lowest BCUT2D eigenvalue weighted by molar-refractivity contribution is 0.0606. The minimum atomic E-state index is -3.58. The van der Waals surface area contributed by atoms with Gasteiger partial charge in [0.2, 0.25) is 10.0 Å². The van der Waals surface area contributed by atoms with E-state index in [0.717, 1.165) is 17.8 Å². The quantitative estimate of drug-likeness (QED) is 0.793. The first-order valence-corrected chi connectivity index (χ1v) is 9.00. The van der Waals surface area contributed by atoms with Gasteiger partial charge in [0.05, 0.1) is 10.9 Å². The van der Waals surface area contributed by atoms with Gasteiger partial charge in [0, 0.05) is 19.1 Å². The molecule has 2 rings (SSSR count). The van der Waals surface area contributed by atoms with Crippen LogP contribution in [0.1, 0.15) is 16.1 Å². The topological polar surface area (TPSA) is 75.7 Å². The van der Waals surface area contributed by atoms with Crippen LogP contribution in [0, 0.1) is 0 Å². The number of thiophene rings is 1. The highest BCUT2D eigenvalue weighted by molar-refractivity contribution is 9.11. The van der Waals surface area contributed by atoms with Crippen molar-refractivity contribution >= 4 is 43.3 Å². The van der Waals surface area contributed by atoms with Gasteiger partial charge in [-0.2, -0.15) is 4.31 Å². The zero-order chi connectivity index (χ0) is 14.9. The summed E-state index contributed by atoms with van der Waals surface area (Å²) in [6, 6.07) is 1.53. The minimum Gasteiger partial charge on any atom is -0.465 e. The van der Waals surface area contributed by atoms with Crippen LogP contribution in [-0.2, 0) is 14.8 Å². The minimum absolute atomic E-state index is 0.125. The smallest absolute Gasteiger partial charge is 0.348 e. The average Bonchev–Trinajstić information content (AvgIpc) is 3.04. The second kappa shape index (κ2) is 6.10. The summed E-state index contributed by atoms with van der Waals surface area (Å²) in [5.41, 5.74) is 0. The molecule has 2 heterocycles. The zero-order valence-electron chi connectivity index (χ0n) is 11.1. The number of nitrogens with one attached hydrogen (secondary N) is 1. The Labute approximate surface area is 130 Å². The van der Waals surface area contributed by atoms with Crippen LogP contribution in [0.5, 0.6) is 0 Å². The molecule has 1 unspecified atom stereocenters. The Bertz CT molecular complexity index is 614. The van der Waals surface area contributed by atoms with E-state index in [0.29, 0.717) is 16.9 Å². The molecular formula is C11H15BrN2O4S2. The highest BCUT2D eigenvalue weighted by Crippen LogP contribution is 2.34. The second-order valence-corrected chi connectivity index (χ2v) is 8.65. The summed E-state index contributed by atoms with van der Waals surface area (Å²) >= 11 is 4.28. The van der Waals surface area contributed by atoms with E-state index in [1.807, 2.05) is 7.05 Å². The molecule has 0 radical (unpaired) electrons. The first-order valence-electron chi connectivity index (χ1n) is 5.95. The molecule has 1 aliphatic rings. The lowest BCUT2D eigenvalue weighted by Crippen LogP contribution is -2.33. The van der Waals surface area contributed by atoms with E-state index in [1.54, 1.807) is 0 Å². The predicted molar refractivity (Wildman–Crippen MR) is 79.6 cm³/mol. The van der Waals surface area contributed by atoms with Crippen LogP contribution >= 0.6 is 27.3 Å². The number of hydrogen-bond donors (Lipinski definition) is 1. The monoisotopic (exact) mass is 382 g/mol. The summed E-state index contributed by atoms with van der Waals surface area (Å²) < 4.78 is 31.6. The van der Waals surface area contributed by atoms with Crippen LogP contribution in [-0.4, -0.2) is 52.0 Å². The molecule has 1 aliphatic heterocycles. The maximum Gasteiger partial charge on any atom is 0.348 e. The van der Waals surface area contributed by atoms with E-state index in [9.17, 15) is 13.2 Å². The lowest BCUT2D eigenvalue weighted by Gasteiger charge is -2.15. The van der Waals surface area contributed by atoms with Crippen LogP contribution in [0.25, 0.3) is 0 Å². The molecule has 0 amide bonds. The number of carbonyl (C=O) groups excluding carboxylic acids is 1. The van der Waals surface area contributed by atoms with Gasteiger partial charge in [-0.1, -0.05) is 0 Å². The number of hydrogen-bond acceptors (Lipinski definition) is 6. The van der Waals surface area contributed by atoms with Crippen molar-refractivity contribution in [2.45, 2.75) is 17.4 Å². The van der Waals surface area contributed by atoms with Crippen molar-refractivity contribution in [2.75, 3.05) is 27.2 Å². The van der Waals surface area contributed by atoms with Crippen molar-refractivity contribution in [1.82, 2.24) is 9.62 Å². The fourth-order valence-electron chi connectivity index (χ4n) is 2.05. The standard InChI is InChI=1S/C11H15BrN2O4S2/c1-13-7-3-4-14(6-7)20(16,17)9-5-8(11(15)18-2)19-10(9)12/h5,7,13H,3-4,6H2,1-2H3. The molecule has 1 aromatic rings. The number of ether oxygens (including phenoxy) is 1. The number of methoxy groups -OCH3 is 1. The van der Waals surface area contributed by atoms with E-state index in [4.69, 9.17) is 0 Å². The second-order valence-electron chi connectivity index (χ2n) is 4.38. The predicted octanol–water partition coefficient (Wildman–Crippen LogP) is 1.28. The summed E-state index contributed by atoms with van der Waals surface area (Å²) in [5, 5.41) is 3.08. The summed E-state index contributed by atoms with van der Waals surface area (Å²) in [7, 11) is -0.502. The van der Waals surface area contributed by atoms with Gasteiger partial charge < -0.3 is 10.1 Å². The van der Waals surface area contributed by atoms with Crippen molar-refractivity contribution in [3.8, 4) is 0 Å². The Kier molecular flexibility index (Phi) is 4.85. The Balaban J connectivity index is 2.31. The SMILES string of the molecule is CNC1CCN(S(=O)(=O)c2cc(C(=O)OC)sc2Br)C1. The third-order valence-corrected chi connectivity index (χ3v) is 7.32. The Morgan fingerprint density at radius 1 is 1.60 bits per heavy atom. The van der Waals surface area contributed by atoms with Gasteiger partial charge in [-0.25, -0.2) is 13.2 Å². The molecule has 0 aromatic carbocycles. The van der Waals surface area contributed by atoms with Crippen molar-refractivity contribution in [1.29, 1.82) is 0 Å². The summed E-state index contributed by atoms with van der Waals surface area (Å²) in [5.74, 6) is -0.535. The molecule has 0 bridgehead atoms. The Hall–Kier alpha value is -0.480. The number of rotatable bonds is 4. The number of carbonyl (C=O) groups is 1. The van der Waals surface area contributed by atoms with Crippen LogP contribution in [0.2, 0.25) is 0 Å². The molecule has 0 saturated carbocycles. The van der Waals surface area contributed by atoms with E-state index < -0.39 is 16.0 Å². The molecule has 0 spiro atoms. The highest BCUT2D eigenvalue weighted by atomic mass is 79.9. The molecule has 1 aromatic heterocycles. The summed E-state index contributed by atoms with van der Waals surface area (Å²) in [6.45, 7) is 0.915.